The number of aliphatic hydroxyl groups excluding tert-OH is 1. The Morgan fingerprint density at radius 3 is 2.57 bits per heavy atom. The quantitative estimate of drug-likeness (QED) is 0.797. The van der Waals surface area contributed by atoms with Gasteiger partial charge >= 0.3 is 5.69 Å². The number of nitrogens with zero attached hydrogens (tertiary/aromatic N) is 4. The van der Waals surface area contributed by atoms with E-state index in [-0.39, 0.29) is 11.5 Å². The van der Waals surface area contributed by atoms with Gasteiger partial charge in [0.2, 0.25) is 0 Å². The second-order valence-electron chi connectivity index (χ2n) is 5.61. The van der Waals surface area contributed by atoms with Crippen LogP contribution in [0.15, 0.2) is 9.59 Å². The van der Waals surface area contributed by atoms with Gasteiger partial charge in [0.1, 0.15) is 11.9 Å². The normalized spacial score (nSPS) is 20.1. The van der Waals surface area contributed by atoms with E-state index in [1.165, 1.54) is 11.6 Å². The molecule has 1 aromatic heterocycles. The largest absolute Gasteiger partial charge is 0.393 e. The number of nitriles is 1. The highest BCUT2D eigenvalue weighted by atomic mass is 16.3. The van der Waals surface area contributed by atoms with Crippen molar-refractivity contribution in [2.24, 2.45) is 20.0 Å². The molecule has 1 N–H and O–H groups in total. The Morgan fingerprint density at radius 1 is 1.33 bits per heavy atom. The summed E-state index contributed by atoms with van der Waals surface area (Å²) in [5.41, 5.74) is -1.05. The van der Waals surface area contributed by atoms with Crippen LogP contribution >= 0.6 is 0 Å². The van der Waals surface area contributed by atoms with E-state index in [4.69, 9.17) is 0 Å². The van der Waals surface area contributed by atoms with Crippen LogP contribution in [-0.2, 0) is 14.1 Å². The van der Waals surface area contributed by atoms with Crippen molar-refractivity contribution in [2.75, 3.05) is 18.0 Å². The van der Waals surface area contributed by atoms with Crippen molar-refractivity contribution in [1.29, 1.82) is 5.26 Å². The highest BCUT2D eigenvalue weighted by Crippen LogP contribution is 2.25. The summed E-state index contributed by atoms with van der Waals surface area (Å²) in [5, 5.41) is 19.1. The van der Waals surface area contributed by atoms with Crippen molar-refractivity contribution in [3.05, 3.63) is 26.4 Å². The van der Waals surface area contributed by atoms with Gasteiger partial charge in [-0.15, -0.1) is 0 Å². The molecule has 7 heteroatoms. The van der Waals surface area contributed by atoms with E-state index in [9.17, 15) is 20.0 Å². The van der Waals surface area contributed by atoms with Crippen LogP contribution in [0.5, 0.6) is 0 Å². The number of hydrogen-bond donors (Lipinski definition) is 1. The van der Waals surface area contributed by atoms with Crippen molar-refractivity contribution < 1.29 is 5.11 Å². The van der Waals surface area contributed by atoms with E-state index in [1.54, 1.807) is 14.0 Å². The molecule has 0 saturated carbocycles. The highest BCUT2D eigenvalue weighted by molar-refractivity contribution is 5.53. The van der Waals surface area contributed by atoms with Crippen LogP contribution in [0.2, 0.25) is 0 Å². The van der Waals surface area contributed by atoms with Gasteiger partial charge in [0.05, 0.1) is 6.10 Å². The number of anilines is 1. The number of aromatic nitrogens is 2. The zero-order valence-corrected chi connectivity index (χ0v) is 12.5. The first kappa shape index (κ1) is 15.3. The van der Waals surface area contributed by atoms with Gasteiger partial charge in [0, 0.05) is 33.1 Å². The molecule has 0 aromatic carbocycles. The maximum absolute atomic E-state index is 12.1. The lowest BCUT2D eigenvalue weighted by molar-refractivity contribution is 0.114. The Hall–Kier alpha value is -2.07. The predicted molar refractivity (Wildman–Crippen MR) is 78.3 cm³/mol. The molecule has 21 heavy (non-hydrogen) atoms. The number of piperidine rings is 1. The van der Waals surface area contributed by atoms with Crippen molar-refractivity contribution in [3.63, 3.8) is 0 Å². The van der Waals surface area contributed by atoms with Crippen LogP contribution in [0, 0.1) is 17.2 Å². The average molecular weight is 292 g/mol. The molecule has 2 atom stereocenters. The lowest BCUT2D eigenvalue weighted by Gasteiger charge is -2.36. The number of hydrogen-bond acceptors (Lipinski definition) is 5. The van der Waals surface area contributed by atoms with Crippen LogP contribution < -0.4 is 16.1 Å². The van der Waals surface area contributed by atoms with E-state index in [2.05, 4.69) is 0 Å². The van der Waals surface area contributed by atoms with Gasteiger partial charge in [0.15, 0.2) is 5.56 Å². The second-order valence-corrected chi connectivity index (χ2v) is 5.61. The van der Waals surface area contributed by atoms with E-state index in [1.807, 2.05) is 11.0 Å². The van der Waals surface area contributed by atoms with E-state index >= 15 is 0 Å². The first-order chi connectivity index (χ1) is 9.88. The first-order valence-electron chi connectivity index (χ1n) is 7.01. The van der Waals surface area contributed by atoms with Gasteiger partial charge in [-0.2, -0.15) is 5.26 Å². The maximum Gasteiger partial charge on any atom is 0.332 e. The molecule has 0 spiro atoms. The molecule has 1 fully saturated rings. The topological polar surface area (TPSA) is 91.3 Å². The summed E-state index contributed by atoms with van der Waals surface area (Å²) in [6.07, 6.45) is 1.29. The third-order valence-corrected chi connectivity index (χ3v) is 4.19. The third-order valence-electron chi connectivity index (χ3n) is 4.19. The monoisotopic (exact) mass is 292 g/mol. The van der Waals surface area contributed by atoms with E-state index in [0.717, 1.165) is 17.4 Å². The molecule has 0 bridgehead atoms. The molecule has 2 heterocycles. The molecule has 1 aliphatic rings. The van der Waals surface area contributed by atoms with Crippen LogP contribution in [0.1, 0.15) is 25.3 Å². The molecule has 1 aromatic rings. The fourth-order valence-corrected chi connectivity index (χ4v) is 2.90. The Labute approximate surface area is 122 Å². The molecule has 2 unspecified atom stereocenters. The lowest BCUT2D eigenvalue weighted by Crippen LogP contribution is -2.46. The third kappa shape index (κ3) is 2.59. The summed E-state index contributed by atoms with van der Waals surface area (Å²) < 4.78 is 2.28. The fraction of sp³-hybridized carbons (Fsp3) is 0.643. The summed E-state index contributed by atoms with van der Waals surface area (Å²) in [6.45, 7) is 2.94. The van der Waals surface area contributed by atoms with Gasteiger partial charge < -0.3 is 10.0 Å². The van der Waals surface area contributed by atoms with Crippen molar-refractivity contribution in [3.8, 4) is 6.07 Å². The van der Waals surface area contributed by atoms with Gasteiger partial charge in [-0.3, -0.25) is 13.9 Å². The summed E-state index contributed by atoms with van der Waals surface area (Å²) in [6, 6.07) is 1.92. The lowest BCUT2D eigenvalue weighted by atomic mass is 9.93. The molecule has 0 radical (unpaired) electrons. The van der Waals surface area contributed by atoms with Crippen LogP contribution in [0.25, 0.3) is 0 Å². The maximum atomic E-state index is 12.1. The van der Waals surface area contributed by atoms with Crippen molar-refractivity contribution >= 4 is 5.82 Å². The van der Waals surface area contributed by atoms with Crippen LogP contribution in [-0.4, -0.2) is 33.4 Å². The Kier molecular flexibility index (Phi) is 4.19. The smallest absolute Gasteiger partial charge is 0.332 e. The van der Waals surface area contributed by atoms with Crippen LogP contribution in [0.4, 0.5) is 5.82 Å². The highest BCUT2D eigenvalue weighted by Gasteiger charge is 2.28. The number of rotatable bonds is 2. The van der Waals surface area contributed by atoms with Gasteiger partial charge in [-0.05, 0) is 19.8 Å². The minimum Gasteiger partial charge on any atom is -0.393 e. The summed E-state index contributed by atoms with van der Waals surface area (Å²) >= 11 is 0. The summed E-state index contributed by atoms with van der Waals surface area (Å²) in [5.74, 6) is 0.431. The molecule has 1 saturated heterocycles. The van der Waals surface area contributed by atoms with Gasteiger partial charge in [0.25, 0.3) is 5.56 Å². The minimum atomic E-state index is -0.574. The van der Waals surface area contributed by atoms with Crippen molar-refractivity contribution in [1.82, 2.24) is 9.13 Å². The average Bonchev–Trinajstić information content (AvgIpc) is 2.48. The summed E-state index contributed by atoms with van der Waals surface area (Å²) in [7, 11) is 2.92. The van der Waals surface area contributed by atoms with E-state index in [0.29, 0.717) is 18.9 Å². The van der Waals surface area contributed by atoms with Crippen molar-refractivity contribution in [2.45, 2.75) is 25.9 Å². The Balaban J connectivity index is 2.56. The van der Waals surface area contributed by atoms with Crippen LogP contribution in [0.3, 0.4) is 0 Å². The second kappa shape index (κ2) is 5.74. The standard InChI is InChI=1S/C14H20N4O3/c1-9(19)10-5-4-6-18(8-10)12-11(7-15)13(20)17(3)14(21)16(12)2/h9-10,19H,4-6,8H2,1-3H3. The first-order valence-corrected chi connectivity index (χ1v) is 7.01. The molecule has 2 rings (SSSR count). The Bertz CT molecular complexity index is 696. The Morgan fingerprint density at radius 2 is 2.00 bits per heavy atom. The molecular formula is C14H20N4O3. The zero-order chi connectivity index (χ0) is 15.7. The zero-order valence-electron chi connectivity index (χ0n) is 12.5. The number of aliphatic hydroxyl groups is 1. The molecular weight excluding hydrogens is 272 g/mol. The van der Waals surface area contributed by atoms with Gasteiger partial charge in [-0.25, -0.2) is 4.79 Å². The van der Waals surface area contributed by atoms with Gasteiger partial charge in [-0.1, -0.05) is 0 Å². The SMILES string of the molecule is CC(O)C1CCCN(c2c(C#N)c(=O)n(C)c(=O)n2C)C1. The molecule has 114 valence electrons. The molecule has 0 amide bonds. The molecule has 1 aliphatic heterocycles. The van der Waals surface area contributed by atoms with E-state index < -0.39 is 17.4 Å². The fourth-order valence-electron chi connectivity index (χ4n) is 2.90. The predicted octanol–water partition coefficient (Wildman–Crippen LogP) is -0.447. The molecule has 7 nitrogen and oxygen atoms in total. The summed E-state index contributed by atoms with van der Waals surface area (Å²) in [4.78, 5) is 26.0. The molecule has 0 aliphatic carbocycles. The minimum absolute atomic E-state index is 0.0224.